The Kier molecular flexibility index (Phi) is 12.0. The molecule has 226 valence electrons. The highest BCUT2D eigenvalue weighted by molar-refractivity contribution is 5.92. The van der Waals surface area contributed by atoms with Gasteiger partial charge in [-0.3, -0.25) is 20.2 Å². The van der Waals surface area contributed by atoms with Gasteiger partial charge in [0.1, 0.15) is 0 Å². The minimum atomic E-state index is -0.362. The first kappa shape index (κ1) is 32.8. The van der Waals surface area contributed by atoms with Crippen LogP contribution in [0.1, 0.15) is 90.5 Å². The molecule has 3 rings (SSSR count). The van der Waals surface area contributed by atoms with E-state index in [2.05, 4.69) is 90.3 Å². The third kappa shape index (κ3) is 8.65. The smallest absolute Gasteiger partial charge is 0.229 e. The fourth-order valence-corrected chi connectivity index (χ4v) is 6.80. The number of carbonyl (C=O) groups is 2. The second-order valence-electron chi connectivity index (χ2n) is 12.3. The Hall–Kier alpha value is -2.70. The van der Waals surface area contributed by atoms with E-state index in [9.17, 15) is 9.59 Å². The van der Waals surface area contributed by atoms with E-state index in [0.717, 1.165) is 51.6 Å². The van der Waals surface area contributed by atoms with E-state index in [1.54, 1.807) is 0 Å². The topological polar surface area (TPSA) is 87.5 Å². The zero-order valence-electron chi connectivity index (χ0n) is 26.8. The molecule has 4 atom stereocenters. The Labute approximate surface area is 248 Å². The molecule has 0 bridgehead atoms. The molecule has 2 aromatic rings. The summed E-state index contributed by atoms with van der Waals surface area (Å²) in [5, 5.41) is 7.27. The molecule has 2 aromatic carbocycles. The van der Waals surface area contributed by atoms with Gasteiger partial charge in [-0.05, 0) is 133 Å². The van der Waals surface area contributed by atoms with Gasteiger partial charge in [0, 0.05) is 0 Å². The third-order valence-electron chi connectivity index (χ3n) is 8.77. The number of aryl methyl sites for hydroxylation is 6. The second-order valence-corrected chi connectivity index (χ2v) is 12.3. The summed E-state index contributed by atoms with van der Waals surface area (Å²) in [6.07, 6.45) is 5.93. The van der Waals surface area contributed by atoms with E-state index in [1.165, 1.54) is 44.5 Å². The van der Waals surface area contributed by atoms with Crippen molar-refractivity contribution in [3.05, 3.63) is 68.8 Å². The molecule has 1 saturated carbocycles. The van der Waals surface area contributed by atoms with E-state index in [-0.39, 0.29) is 36.0 Å². The van der Waals surface area contributed by atoms with Crippen LogP contribution in [0.25, 0.3) is 0 Å². The molecule has 4 N–H and O–H groups in total. The van der Waals surface area contributed by atoms with E-state index < -0.39 is 0 Å². The predicted molar refractivity (Wildman–Crippen MR) is 170 cm³/mol. The molecule has 1 fully saturated rings. The summed E-state index contributed by atoms with van der Waals surface area (Å²) in [4.78, 5) is 28.0. The first-order valence-electron chi connectivity index (χ1n) is 15.7. The fourth-order valence-electron chi connectivity index (χ4n) is 6.80. The highest BCUT2D eigenvalue weighted by atomic mass is 16.2. The number of rotatable bonds is 16. The van der Waals surface area contributed by atoms with Gasteiger partial charge in [-0.2, -0.15) is 0 Å². The molecule has 0 aromatic heterocycles. The monoisotopic (exact) mass is 562 g/mol. The zero-order valence-corrected chi connectivity index (χ0v) is 26.8. The van der Waals surface area contributed by atoms with Crippen molar-refractivity contribution >= 4 is 11.8 Å². The Balaban J connectivity index is 1.81. The lowest BCUT2D eigenvalue weighted by Crippen LogP contribution is -2.59. The number of nitrogens with two attached hydrogens (primary N) is 1. The molecule has 0 saturated heterocycles. The molecule has 6 nitrogen and oxygen atoms in total. The number of amides is 2. The maximum Gasteiger partial charge on any atom is 0.229 e. The highest BCUT2D eigenvalue weighted by Gasteiger charge is 2.50. The SMILES string of the molecule is CCNC(CCCc1c(C)cc(C)cc1C)N(C(=O)C1CC1C(N)=O)C(CCCc1c(C)cc(C)cc1C)NCC. The van der Waals surface area contributed by atoms with Crippen LogP contribution in [0.2, 0.25) is 0 Å². The minimum absolute atomic E-state index is 0.0519. The van der Waals surface area contributed by atoms with Crippen LogP contribution in [0.4, 0.5) is 0 Å². The van der Waals surface area contributed by atoms with Crippen LogP contribution in [0.3, 0.4) is 0 Å². The quantitative estimate of drug-likeness (QED) is 0.229. The van der Waals surface area contributed by atoms with Gasteiger partial charge in [0.2, 0.25) is 11.8 Å². The molecule has 0 aliphatic heterocycles. The minimum Gasteiger partial charge on any atom is -0.369 e. The maximum atomic E-state index is 14.0. The molecule has 1 aliphatic rings. The lowest BCUT2D eigenvalue weighted by Gasteiger charge is -2.40. The van der Waals surface area contributed by atoms with Gasteiger partial charge < -0.3 is 10.6 Å². The average molecular weight is 563 g/mol. The van der Waals surface area contributed by atoms with Crippen molar-refractivity contribution in [2.45, 2.75) is 113 Å². The molecule has 1 aliphatic carbocycles. The number of carbonyl (C=O) groups excluding carboxylic acids is 2. The summed E-state index contributed by atoms with van der Waals surface area (Å²) < 4.78 is 0. The van der Waals surface area contributed by atoms with Crippen molar-refractivity contribution in [3.8, 4) is 0 Å². The molecule has 41 heavy (non-hydrogen) atoms. The number of hydrogen-bond acceptors (Lipinski definition) is 4. The Morgan fingerprint density at radius 2 is 1.15 bits per heavy atom. The Morgan fingerprint density at radius 1 is 0.756 bits per heavy atom. The van der Waals surface area contributed by atoms with Gasteiger partial charge >= 0.3 is 0 Å². The number of hydrogen-bond donors (Lipinski definition) is 3. The Bertz CT molecular complexity index is 1090. The Morgan fingerprint density at radius 3 is 1.46 bits per heavy atom. The summed E-state index contributed by atoms with van der Waals surface area (Å²) in [6, 6.07) is 9.04. The number of primary amides is 1. The number of nitrogens with zero attached hydrogens (tertiary/aromatic N) is 1. The molecule has 0 radical (unpaired) electrons. The van der Waals surface area contributed by atoms with Crippen molar-refractivity contribution < 1.29 is 9.59 Å². The average Bonchev–Trinajstić information content (AvgIpc) is 3.68. The standard InChI is InChI=1S/C35H54N4O2/c1-9-37-32(15-11-13-28-24(5)17-22(3)18-25(28)6)39(35(41)31-21-30(31)34(36)40)33(38-10-2)16-12-14-29-26(7)19-23(4)20-27(29)8/h17-20,30-33,37-38H,9-16,21H2,1-8H3,(H2,36,40). The van der Waals surface area contributed by atoms with Crippen molar-refractivity contribution in [3.63, 3.8) is 0 Å². The fraction of sp³-hybridized carbons (Fsp3) is 0.600. The summed E-state index contributed by atoms with van der Waals surface area (Å²) in [5.74, 6) is -0.960. The van der Waals surface area contributed by atoms with Crippen molar-refractivity contribution in [1.29, 1.82) is 0 Å². The van der Waals surface area contributed by atoms with Crippen molar-refractivity contribution in [2.24, 2.45) is 17.6 Å². The van der Waals surface area contributed by atoms with Crippen LogP contribution in [-0.2, 0) is 22.4 Å². The zero-order chi connectivity index (χ0) is 30.3. The summed E-state index contributed by atoms with van der Waals surface area (Å²) >= 11 is 0. The van der Waals surface area contributed by atoms with Gasteiger partial charge in [0.25, 0.3) is 0 Å². The van der Waals surface area contributed by atoms with E-state index in [4.69, 9.17) is 5.73 Å². The molecule has 4 unspecified atom stereocenters. The largest absolute Gasteiger partial charge is 0.369 e. The van der Waals surface area contributed by atoms with Crippen LogP contribution in [-0.4, -0.2) is 42.1 Å². The normalized spacial score (nSPS) is 17.8. The van der Waals surface area contributed by atoms with Gasteiger partial charge in [-0.15, -0.1) is 0 Å². The summed E-state index contributed by atoms with van der Waals surface area (Å²) in [5.41, 5.74) is 16.4. The molecular formula is C35H54N4O2. The van der Waals surface area contributed by atoms with Crippen LogP contribution in [0.15, 0.2) is 24.3 Å². The van der Waals surface area contributed by atoms with Gasteiger partial charge in [-0.1, -0.05) is 49.2 Å². The lowest BCUT2D eigenvalue weighted by atomic mass is 9.94. The number of nitrogens with one attached hydrogen (secondary N) is 2. The van der Waals surface area contributed by atoms with Gasteiger partial charge in [0.05, 0.1) is 24.2 Å². The van der Waals surface area contributed by atoms with Crippen molar-refractivity contribution in [1.82, 2.24) is 15.5 Å². The first-order chi connectivity index (χ1) is 19.5. The van der Waals surface area contributed by atoms with Crippen LogP contribution in [0, 0.1) is 53.4 Å². The molecular weight excluding hydrogens is 508 g/mol. The molecule has 6 heteroatoms. The van der Waals surface area contributed by atoms with Gasteiger partial charge in [0.15, 0.2) is 0 Å². The van der Waals surface area contributed by atoms with E-state index in [0.29, 0.717) is 6.42 Å². The van der Waals surface area contributed by atoms with Crippen molar-refractivity contribution in [2.75, 3.05) is 13.1 Å². The van der Waals surface area contributed by atoms with E-state index >= 15 is 0 Å². The van der Waals surface area contributed by atoms with Crippen LogP contribution < -0.4 is 16.4 Å². The molecule has 0 spiro atoms. The summed E-state index contributed by atoms with van der Waals surface area (Å²) in [6.45, 7) is 18.8. The lowest BCUT2D eigenvalue weighted by molar-refractivity contribution is -0.141. The maximum absolute atomic E-state index is 14.0. The number of benzene rings is 2. The highest BCUT2D eigenvalue weighted by Crippen LogP contribution is 2.40. The van der Waals surface area contributed by atoms with Gasteiger partial charge in [-0.25, -0.2) is 0 Å². The van der Waals surface area contributed by atoms with Crippen LogP contribution in [0.5, 0.6) is 0 Å². The second kappa shape index (κ2) is 15.0. The predicted octanol–water partition coefficient (Wildman–Crippen LogP) is 5.70. The van der Waals surface area contributed by atoms with Crippen LogP contribution >= 0.6 is 0 Å². The van der Waals surface area contributed by atoms with E-state index in [1.807, 2.05) is 4.90 Å². The summed E-state index contributed by atoms with van der Waals surface area (Å²) in [7, 11) is 0. The molecule has 0 heterocycles. The molecule has 2 amide bonds. The first-order valence-corrected chi connectivity index (χ1v) is 15.7. The third-order valence-corrected chi connectivity index (χ3v) is 8.77.